The van der Waals surface area contributed by atoms with Gasteiger partial charge in [-0.3, -0.25) is 9.59 Å². The highest BCUT2D eigenvalue weighted by Gasteiger charge is 2.23. The summed E-state index contributed by atoms with van der Waals surface area (Å²) >= 11 is 0. The van der Waals surface area contributed by atoms with E-state index in [2.05, 4.69) is 12.2 Å². The molecule has 2 fully saturated rings. The third kappa shape index (κ3) is 4.08. The zero-order chi connectivity index (χ0) is 16.9. The monoisotopic (exact) mass is 330 g/mol. The topological polar surface area (TPSA) is 58.6 Å². The van der Waals surface area contributed by atoms with Gasteiger partial charge in [-0.2, -0.15) is 0 Å². The first-order valence-corrected chi connectivity index (χ1v) is 8.96. The maximum atomic E-state index is 12.1. The first-order chi connectivity index (χ1) is 11.6. The van der Waals surface area contributed by atoms with Crippen LogP contribution in [0.2, 0.25) is 0 Å². The molecule has 24 heavy (non-hydrogen) atoms. The van der Waals surface area contributed by atoms with Crippen molar-refractivity contribution in [3.8, 4) is 5.75 Å². The van der Waals surface area contributed by atoms with Crippen molar-refractivity contribution in [3.05, 3.63) is 24.3 Å². The van der Waals surface area contributed by atoms with Crippen LogP contribution in [0, 0.1) is 5.92 Å². The molecule has 0 bridgehead atoms. The lowest BCUT2D eigenvalue weighted by atomic mass is 9.86. The third-order valence-corrected chi connectivity index (χ3v) is 5.05. The minimum Gasteiger partial charge on any atom is -0.484 e. The molecule has 1 N–H and O–H groups in total. The average Bonchev–Trinajstić information content (AvgIpc) is 3.02. The van der Waals surface area contributed by atoms with Gasteiger partial charge in [0, 0.05) is 24.7 Å². The van der Waals surface area contributed by atoms with Crippen LogP contribution in [0.15, 0.2) is 24.3 Å². The zero-order valence-corrected chi connectivity index (χ0v) is 14.3. The molecule has 1 aliphatic heterocycles. The number of carbonyl (C=O) groups is 2. The molecular formula is C19H26N2O3. The molecule has 1 aromatic carbocycles. The molecule has 5 heteroatoms. The normalized spacial score (nSPS) is 24.0. The predicted octanol–water partition coefficient (Wildman–Crippen LogP) is 2.89. The second-order valence-electron chi connectivity index (χ2n) is 6.87. The number of benzene rings is 1. The molecule has 1 aromatic rings. The largest absolute Gasteiger partial charge is 0.484 e. The number of ether oxygens (including phenoxy) is 1. The molecule has 3 rings (SSSR count). The van der Waals surface area contributed by atoms with Crippen molar-refractivity contribution in [2.75, 3.05) is 18.1 Å². The van der Waals surface area contributed by atoms with Crippen molar-refractivity contribution in [3.63, 3.8) is 0 Å². The van der Waals surface area contributed by atoms with Crippen LogP contribution in [0.5, 0.6) is 5.75 Å². The maximum absolute atomic E-state index is 12.1. The SMILES string of the molecule is CC1CCCCC1NC(=O)COc1ccc(N2CCCC2=O)cc1. The number of rotatable bonds is 5. The van der Waals surface area contributed by atoms with E-state index in [1.165, 1.54) is 19.3 Å². The number of hydrogen-bond donors (Lipinski definition) is 1. The molecule has 2 aliphatic rings. The molecular weight excluding hydrogens is 304 g/mol. The molecule has 1 heterocycles. The fourth-order valence-corrected chi connectivity index (χ4v) is 3.57. The lowest BCUT2D eigenvalue weighted by molar-refractivity contribution is -0.124. The molecule has 0 radical (unpaired) electrons. The summed E-state index contributed by atoms with van der Waals surface area (Å²) in [4.78, 5) is 25.6. The van der Waals surface area contributed by atoms with Gasteiger partial charge in [0.25, 0.3) is 5.91 Å². The quantitative estimate of drug-likeness (QED) is 0.903. The van der Waals surface area contributed by atoms with Gasteiger partial charge in [0.2, 0.25) is 5.91 Å². The average molecular weight is 330 g/mol. The van der Waals surface area contributed by atoms with Crippen molar-refractivity contribution < 1.29 is 14.3 Å². The van der Waals surface area contributed by atoms with E-state index in [0.717, 1.165) is 25.1 Å². The van der Waals surface area contributed by atoms with E-state index in [1.807, 2.05) is 24.3 Å². The van der Waals surface area contributed by atoms with Gasteiger partial charge in [0.15, 0.2) is 6.61 Å². The maximum Gasteiger partial charge on any atom is 0.258 e. The van der Waals surface area contributed by atoms with E-state index in [4.69, 9.17) is 4.74 Å². The van der Waals surface area contributed by atoms with Crippen molar-refractivity contribution in [1.29, 1.82) is 0 Å². The van der Waals surface area contributed by atoms with Gasteiger partial charge in [0.05, 0.1) is 0 Å². The molecule has 1 saturated heterocycles. The molecule has 2 unspecified atom stereocenters. The minimum atomic E-state index is -0.0625. The third-order valence-electron chi connectivity index (χ3n) is 5.05. The van der Waals surface area contributed by atoms with Gasteiger partial charge in [-0.15, -0.1) is 0 Å². The smallest absolute Gasteiger partial charge is 0.258 e. The standard InChI is InChI=1S/C19H26N2O3/c1-14-5-2-3-6-17(14)20-18(22)13-24-16-10-8-15(9-11-16)21-12-4-7-19(21)23/h8-11,14,17H,2-7,12-13H2,1H3,(H,20,22). The van der Waals surface area contributed by atoms with Gasteiger partial charge in [-0.25, -0.2) is 0 Å². The van der Waals surface area contributed by atoms with Crippen molar-refractivity contribution >= 4 is 17.5 Å². The Balaban J connectivity index is 1.47. The summed E-state index contributed by atoms with van der Waals surface area (Å²) in [5.41, 5.74) is 0.894. The Bertz CT molecular complexity index is 585. The number of nitrogens with one attached hydrogen (secondary N) is 1. The Hall–Kier alpha value is -2.04. The zero-order valence-electron chi connectivity index (χ0n) is 14.3. The van der Waals surface area contributed by atoms with Crippen LogP contribution in [-0.4, -0.2) is 31.0 Å². The van der Waals surface area contributed by atoms with Crippen LogP contribution in [0.25, 0.3) is 0 Å². The number of carbonyl (C=O) groups excluding carboxylic acids is 2. The summed E-state index contributed by atoms with van der Waals surface area (Å²) in [5.74, 6) is 1.30. The summed E-state index contributed by atoms with van der Waals surface area (Å²) in [7, 11) is 0. The molecule has 5 nitrogen and oxygen atoms in total. The fraction of sp³-hybridized carbons (Fsp3) is 0.579. The second kappa shape index (κ2) is 7.69. The molecule has 1 aliphatic carbocycles. The van der Waals surface area contributed by atoms with Crippen molar-refractivity contribution in [2.45, 2.75) is 51.5 Å². The second-order valence-corrected chi connectivity index (χ2v) is 6.87. The predicted molar refractivity (Wildman–Crippen MR) is 93.1 cm³/mol. The fourth-order valence-electron chi connectivity index (χ4n) is 3.57. The van der Waals surface area contributed by atoms with E-state index in [1.54, 1.807) is 4.90 Å². The van der Waals surface area contributed by atoms with E-state index in [9.17, 15) is 9.59 Å². The molecule has 1 saturated carbocycles. The number of amides is 2. The Kier molecular flexibility index (Phi) is 5.38. The molecule has 2 atom stereocenters. The van der Waals surface area contributed by atoms with E-state index in [0.29, 0.717) is 18.1 Å². The van der Waals surface area contributed by atoms with Crippen LogP contribution in [0.4, 0.5) is 5.69 Å². The van der Waals surface area contributed by atoms with Crippen LogP contribution < -0.4 is 15.0 Å². The van der Waals surface area contributed by atoms with E-state index in [-0.39, 0.29) is 24.5 Å². The summed E-state index contributed by atoms with van der Waals surface area (Å²) in [5, 5.41) is 3.08. The highest BCUT2D eigenvalue weighted by atomic mass is 16.5. The van der Waals surface area contributed by atoms with Gasteiger partial charge in [0.1, 0.15) is 5.75 Å². The summed E-state index contributed by atoms with van der Waals surface area (Å²) < 4.78 is 5.57. The van der Waals surface area contributed by atoms with Gasteiger partial charge in [-0.1, -0.05) is 19.8 Å². The Morgan fingerprint density at radius 1 is 1.21 bits per heavy atom. The molecule has 0 spiro atoms. The van der Waals surface area contributed by atoms with Crippen LogP contribution in [0.3, 0.4) is 0 Å². The van der Waals surface area contributed by atoms with E-state index >= 15 is 0 Å². The lowest BCUT2D eigenvalue weighted by Crippen LogP contribution is -2.43. The summed E-state index contributed by atoms with van der Waals surface area (Å²) in [6.07, 6.45) is 6.23. The van der Waals surface area contributed by atoms with Crippen LogP contribution in [-0.2, 0) is 9.59 Å². The summed E-state index contributed by atoms with van der Waals surface area (Å²) in [6, 6.07) is 7.66. The number of nitrogens with zero attached hydrogens (tertiary/aromatic N) is 1. The highest BCUT2D eigenvalue weighted by molar-refractivity contribution is 5.95. The summed E-state index contributed by atoms with van der Waals surface area (Å²) in [6.45, 7) is 3.01. The van der Waals surface area contributed by atoms with E-state index < -0.39 is 0 Å². The molecule has 130 valence electrons. The molecule has 0 aromatic heterocycles. The van der Waals surface area contributed by atoms with Crippen LogP contribution in [0.1, 0.15) is 45.4 Å². The lowest BCUT2D eigenvalue weighted by Gasteiger charge is -2.29. The Labute approximate surface area is 143 Å². The highest BCUT2D eigenvalue weighted by Crippen LogP contribution is 2.25. The first-order valence-electron chi connectivity index (χ1n) is 8.96. The number of hydrogen-bond acceptors (Lipinski definition) is 3. The molecule has 2 amide bonds. The Morgan fingerprint density at radius 2 is 1.96 bits per heavy atom. The van der Waals surface area contributed by atoms with Crippen molar-refractivity contribution in [1.82, 2.24) is 5.32 Å². The first kappa shape index (κ1) is 16.8. The minimum absolute atomic E-state index is 0.0329. The van der Waals surface area contributed by atoms with Gasteiger partial charge in [-0.05, 0) is 49.4 Å². The van der Waals surface area contributed by atoms with Gasteiger partial charge < -0.3 is 15.0 Å². The Morgan fingerprint density at radius 3 is 2.62 bits per heavy atom. The number of anilines is 1. The van der Waals surface area contributed by atoms with Crippen molar-refractivity contribution in [2.24, 2.45) is 5.92 Å². The van der Waals surface area contributed by atoms with Gasteiger partial charge >= 0.3 is 0 Å². The van der Waals surface area contributed by atoms with Crippen LogP contribution >= 0.6 is 0 Å².